The number of rotatable bonds is 1. The van der Waals surface area contributed by atoms with E-state index in [-0.39, 0.29) is 17.2 Å². The Balaban J connectivity index is 2.93. The van der Waals surface area contributed by atoms with Crippen LogP contribution in [0, 0.1) is 5.82 Å². The second-order valence-electron chi connectivity index (χ2n) is 3.68. The van der Waals surface area contributed by atoms with Gasteiger partial charge in [0.2, 0.25) is 0 Å². The minimum atomic E-state index is -0.420. The molecule has 0 aliphatic rings. The van der Waals surface area contributed by atoms with E-state index in [0.717, 1.165) is 0 Å². The Bertz CT molecular complexity index is 571. The van der Waals surface area contributed by atoms with E-state index in [1.54, 1.807) is 6.07 Å². The zero-order chi connectivity index (χ0) is 11.2. The molecule has 0 amide bonds. The largest absolute Gasteiger partial charge is 0.326 e. The van der Waals surface area contributed by atoms with Crippen molar-refractivity contribution in [3.8, 4) is 0 Å². The third kappa shape index (κ3) is 1.61. The first kappa shape index (κ1) is 10.4. The zero-order valence-corrected chi connectivity index (χ0v) is 9.93. The normalized spacial score (nSPS) is 11.5. The van der Waals surface area contributed by atoms with Crippen LogP contribution in [0.25, 0.3) is 11.0 Å². The molecule has 0 saturated heterocycles. The summed E-state index contributed by atoms with van der Waals surface area (Å²) in [5.74, 6) is -0.420. The van der Waals surface area contributed by atoms with E-state index in [9.17, 15) is 9.18 Å². The number of aromatic nitrogens is 2. The molecular formula is C10H10BrFN2O. The first-order chi connectivity index (χ1) is 7.00. The Hall–Kier alpha value is -1.10. The third-order valence-corrected chi connectivity index (χ3v) is 2.72. The van der Waals surface area contributed by atoms with Crippen LogP contribution in [-0.2, 0) is 0 Å². The van der Waals surface area contributed by atoms with Crippen molar-refractivity contribution in [2.45, 2.75) is 19.9 Å². The predicted octanol–water partition coefficient (Wildman–Crippen LogP) is 2.81. The standard InChI is InChI=1S/C10H10BrFN2O/c1-5(2)14-8-4-6(11)3-7(12)9(8)13-10(14)15/h3-5H,1-2H3,(H,13,15). The summed E-state index contributed by atoms with van der Waals surface area (Å²) in [5, 5.41) is 0. The van der Waals surface area contributed by atoms with Gasteiger partial charge in [-0.25, -0.2) is 9.18 Å². The SMILES string of the molecule is CC(C)n1c(=O)[nH]c2c(F)cc(Br)cc21. The van der Waals surface area contributed by atoms with Gasteiger partial charge in [-0.2, -0.15) is 0 Å². The van der Waals surface area contributed by atoms with Gasteiger partial charge in [0.05, 0.1) is 5.52 Å². The smallest absolute Gasteiger partial charge is 0.303 e. The molecule has 0 bridgehead atoms. The van der Waals surface area contributed by atoms with Crippen LogP contribution in [0.4, 0.5) is 4.39 Å². The molecule has 0 radical (unpaired) electrons. The number of benzene rings is 1. The van der Waals surface area contributed by atoms with Gasteiger partial charge in [0, 0.05) is 10.5 Å². The summed E-state index contributed by atoms with van der Waals surface area (Å²) >= 11 is 3.21. The fourth-order valence-electron chi connectivity index (χ4n) is 1.66. The van der Waals surface area contributed by atoms with Crippen LogP contribution in [0.2, 0.25) is 0 Å². The van der Waals surface area contributed by atoms with Crippen molar-refractivity contribution in [3.63, 3.8) is 0 Å². The minimum absolute atomic E-state index is 0.0000463. The van der Waals surface area contributed by atoms with Gasteiger partial charge in [-0.1, -0.05) is 15.9 Å². The van der Waals surface area contributed by atoms with Crippen LogP contribution in [0.1, 0.15) is 19.9 Å². The molecule has 0 saturated carbocycles. The highest BCUT2D eigenvalue weighted by molar-refractivity contribution is 9.10. The maximum absolute atomic E-state index is 13.5. The maximum Gasteiger partial charge on any atom is 0.326 e. The van der Waals surface area contributed by atoms with E-state index in [2.05, 4.69) is 20.9 Å². The first-order valence-corrected chi connectivity index (χ1v) is 5.39. The van der Waals surface area contributed by atoms with Crippen molar-refractivity contribution >= 4 is 27.0 Å². The lowest BCUT2D eigenvalue weighted by atomic mass is 10.3. The molecule has 15 heavy (non-hydrogen) atoms. The fourth-order valence-corrected chi connectivity index (χ4v) is 2.08. The summed E-state index contributed by atoms with van der Waals surface area (Å²) in [7, 11) is 0. The Morgan fingerprint density at radius 3 is 2.73 bits per heavy atom. The lowest BCUT2D eigenvalue weighted by molar-refractivity contribution is 0.597. The van der Waals surface area contributed by atoms with E-state index in [4.69, 9.17) is 0 Å². The lowest BCUT2D eigenvalue weighted by Gasteiger charge is -2.06. The molecule has 3 nitrogen and oxygen atoms in total. The Morgan fingerprint density at radius 1 is 1.47 bits per heavy atom. The zero-order valence-electron chi connectivity index (χ0n) is 8.34. The lowest BCUT2D eigenvalue weighted by Crippen LogP contribution is -2.18. The third-order valence-electron chi connectivity index (χ3n) is 2.26. The van der Waals surface area contributed by atoms with Crippen LogP contribution < -0.4 is 5.69 Å². The summed E-state index contributed by atoms with van der Waals surface area (Å²) in [5.41, 5.74) is 0.566. The number of hydrogen-bond acceptors (Lipinski definition) is 1. The molecule has 1 aromatic heterocycles. The van der Waals surface area contributed by atoms with E-state index < -0.39 is 5.82 Å². The first-order valence-electron chi connectivity index (χ1n) is 4.60. The molecule has 2 aromatic rings. The molecular weight excluding hydrogens is 263 g/mol. The van der Waals surface area contributed by atoms with Crippen LogP contribution in [0.5, 0.6) is 0 Å². The quantitative estimate of drug-likeness (QED) is 0.852. The summed E-state index contributed by atoms with van der Waals surface area (Å²) in [6, 6.07) is 3.07. The number of fused-ring (bicyclic) bond motifs is 1. The molecule has 2 rings (SSSR count). The van der Waals surface area contributed by atoms with E-state index in [1.165, 1.54) is 10.6 Å². The Morgan fingerprint density at radius 2 is 2.13 bits per heavy atom. The fraction of sp³-hybridized carbons (Fsp3) is 0.300. The van der Waals surface area contributed by atoms with Crippen molar-refractivity contribution in [2.24, 2.45) is 0 Å². The van der Waals surface area contributed by atoms with Crippen LogP contribution in [0.15, 0.2) is 21.4 Å². The number of imidazole rings is 1. The van der Waals surface area contributed by atoms with Gasteiger partial charge in [0.15, 0.2) is 0 Å². The van der Waals surface area contributed by atoms with Crippen molar-refractivity contribution in [1.29, 1.82) is 0 Å². The average molecular weight is 273 g/mol. The summed E-state index contributed by atoms with van der Waals surface area (Å²) in [6.07, 6.45) is 0. The number of halogens is 2. The highest BCUT2D eigenvalue weighted by atomic mass is 79.9. The minimum Gasteiger partial charge on any atom is -0.303 e. The molecule has 80 valence electrons. The van der Waals surface area contributed by atoms with Gasteiger partial charge >= 0.3 is 5.69 Å². The van der Waals surface area contributed by atoms with Crippen LogP contribution in [0.3, 0.4) is 0 Å². The highest BCUT2D eigenvalue weighted by Crippen LogP contribution is 2.22. The summed E-state index contributed by atoms with van der Waals surface area (Å²) < 4.78 is 15.6. The molecule has 5 heteroatoms. The van der Waals surface area contributed by atoms with Crippen LogP contribution >= 0.6 is 15.9 Å². The molecule has 0 unspecified atom stereocenters. The second-order valence-corrected chi connectivity index (χ2v) is 4.59. The van der Waals surface area contributed by atoms with Crippen molar-refractivity contribution in [3.05, 3.63) is 32.9 Å². The van der Waals surface area contributed by atoms with Gasteiger partial charge in [0.1, 0.15) is 11.3 Å². The molecule has 0 aliphatic carbocycles. The van der Waals surface area contributed by atoms with Gasteiger partial charge in [-0.3, -0.25) is 4.57 Å². The second kappa shape index (κ2) is 3.48. The van der Waals surface area contributed by atoms with E-state index in [1.807, 2.05) is 13.8 Å². The molecule has 0 atom stereocenters. The number of nitrogens with one attached hydrogen (secondary N) is 1. The number of H-pyrrole nitrogens is 1. The topological polar surface area (TPSA) is 37.8 Å². The van der Waals surface area contributed by atoms with Gasteiger partial charge in [0.25, 0.3) is 0 Å². The summed E-state index contributed by atoms with van der Waals surface area (Å²) in [6.45, 7) is 3.76. The van der Waals surface area contributed by atoms with Crippen molar-refractivity contribution in [2.75, 3.05) is 0 Å². The maximum atomic E-state index is 13.5. The highest BCUT2D eigenvalue weighted by Gasteiger charge is 2.13. The molecule has 0 spiro atoms. The van der Waals surface area contributed by atoms with Gasteiger partial charge in [-0.05, 0) is 26.0 Å². The monoisotopic (exact) mass is 272 g/mol. The van der Waals surface area contributed by atoms with Crippen molar-refractivity contribution in [1.82, 2.24) is 9.55 Å². The number of aromatic amines is 1. The molecule has 1 aromatic carbocycles. The molecule has 1 heterocycles. The van der Waals surface area contributed by atoms with E-state index in [0.29, 0.717) is 9.99 Å². The number of nitrogens with zero attached hydrogens (tertiary/aromatic N) is 1. The summed E-state index contributed by atoms with van der Waals surface area (Å²) in [4.78, 5) is 14.1. The molecule has 0 fully saturated rings. The average Bonchev–Trinajstić information content (AvgIpc) is 2.41. The molecule has 0 aliphatic heterocycles. The molecule has 1 N–H and O–H groups in total. The van der Waals surface area contributed by atoms with Crippen molar-refractivity contribution < 1.29 is 4.39 Å². The predicted molar refractivity (Wildman–Crippen MR) is 60.6 cm³/mol. The number of hydrogen-bond donors (Lipinski definition) is 1. The Labute approximate surface area is 94.0 Å². The van der Waals surface area contributed by atoms with Crippen LogP contribution in [-0.4, -0.2) is 9.55 Å². The van der Waals surface area contributed by atoms with E-state index >= 15 is 0 Å². The van der Waals surface area contributed by atoms with Gasteiger partial charge < -0.3 is 4.98 Å². The van der Waals surface area contributed by atoms with Gasteiger partial charge in [-0.15, -0.1) is 0 Å². The Kier molecular flexibility index (Phi) is 2.42.